The number of hydrogen-bond donors (Lipinski definition) is 0. The molecule has 0 radical (unpaired) electrons. The molecule has 0 aromatic carbocycles. The van der Waals surface area contributed by atoms with Crippen molar-refractivity contribution >= 4 is 43.8 Å². The molecule has 3 aliphatic rings. The van der Waals surface area contributed by atoms with Crippen LogP contribution in [0, 0.1) is 35.5 Å². The fourth-order valence-electron chi connectivity index (χ4n) is 4.49. The fraction of sp³-hybridized carbons (Fsp3) is 0.875. The average Bonchev–Trinajstić information content (AvgIpc) is 2.70. The van der Waals surface area contributed by atoms with Crippen molar-refractivity contribution in [2.45, 2.75) is 97.8 Å². The molecular weight excluding hydrogens is 499 g/mol. The number of carbonyl (C=O) groups excluding carboxylic acids is 3. The van der Waals surface area contributed by atoms with Crippen LogP contribution in [0.15, 0.2) is 0 Å². The minimum absolute atomic E-state index is 0. The van der Waals surface area contributed by atoms with Crippen LogP contribution in [0.2, 0.25) is 0 Å². The Morgan fingerprint density at radius 2 is 0.613 bits per heavy atom. The Bertz CT molecular complexity index is 452. The van der Waals surface area contributed by atoms with Gasteiger partial charge in [0.25, 0.3) is 0 Å². The van der Waals surface area contributed by atoms with Gasteiger partial charge in [-0.3, -0.25) is 0 Å². The minimum atomic E-state index is -0.855. The van der Waals surface area contributed by atoms with Gasteiger partial charge in [0.2, 0.25) is 0 Å². The second-order valence-electron chi connectivity index (χ2n) is 9.83. The largest absolute Gasteiger partial charge is 3.00 e. The van der Waals surface area contributed by atoms with Crippen LogP contribution in [0.25, 0.3) is 0 Å². The van der Waals surface area contributed by atoms with E-state index in [-0.39, 0.29) is 43.6 Å². The summed E-state index contributed by atoms with van der Waals surface area (Å²) >= 11 is 0. The zero-order valence-electron chi connectivity index (χ0n) is 19.5. The van der Waals surface area contributed by atoms with Gasteiger partial charge in [0, 0.05) is 17.9 Å². The van der Waals surface area contributed by atoms with Gasteiger partial charge >= 0.3 is 25.8 Å². The molecule has 31 heavy (non-hydrogen) atoms. The number of rotatable bonds is 3. The summed E-state index contributed by atoms with van der Waals surface area (Å²) in [5.74, 6) is -0.879. The third kappa shape index (κ3) is 12.8. The first-order chi connectivity index (χ1) is 14.1. The van der Waals surface area contributed by atoms with Crippen molar-refractivity contribution in [3.8, 4) is 0 Å². The number of carboxylic acids is 3. The van der Waals surface area contributed by atoms with E-state index in [0.717, 1.165) is 94.8 Å². The van der Waals surface area contributed by atoms with Crippen LogP contribution in [-0.2, 0) is 14.4 Å². The van der Waals surface area contributed by atoms with Gasteiger partial charge in [-0.15, -0.1) is 0 Å². The standard InChI is InChI=1S/3C8H14O2.In/c3*1-6-2-4-7(5-3-6)8(9)10;/h3*6-7H,2-5H2,1H3,(H,9,10);/q;;;+3/p-3. The second-order valence-corrected chi connectivity index (χ2v) is 9.83. The summed E-state index contributed by atoms with van der Waals surface area (Å²) < 4.78 is 0. The smallest absolute Gasteiger partial charge is 0.550 e. The summed E-state index contributed by atoms with van der Waals surface area (Å²) in [6.45, 7) is 6.52. The molecule has 174 valence electrons. The molecule has 0 atom stereocenters. The molecule has 3 rings (SSSR count). The molecule has 0 unspecified atom stereocenters. The van der Waals surface area contributed by atoms with E-state index in [4.69, 9.17) is 0 Å². The first-order valence-corrected chi connectivity index (χ1v) is 11.7. The number of aliphatic carboxylic acids is 3. The van der Waals surface area contributed by atoms with Gasteiger partial charge in [-0.2, -0.15) is 0 Å². The van der Waals surface area contributed by atoms with Crippen LogP contribution in [0.1, 0.15) is 97.8 Å². The molecule has 0 amide bonds. The SMILES string of the molecule is CC1CCC(C(=O)[O-])CC1.CC1CCC(C(=O)[O-])CC1.CC1CCC(C(=O)[O-])CC1.[In+3]. The zero-order valence-corrected chi connectivity index (χ0v) is 22.8. The van der Waals surface area contributed by atoms with Gasteiger partial charge in [0.05, 0.1) is 0 Å². The van der Waals surface area contributed by atoms with Crippen molar-refractivity contribution in [3.05, 3.63) is 0 Å². The van der Waals surface area contributed by atoms with E-state index >= 15 is 0 Å². The molecule has 0 N–H and O–H groups in total. The molecule has 0 bridgehead atoms. The van der Waals surface area contributed by atoms with Gasteiger partial charge in [-0.05, 0) is 74.0 Å². The fourth-order valence-corrected chi connectivity index (χ4v) is 4.49. The minimum Gasteiger partial charge on any atom is -0.550 e. The van der Waals surface area contributed by atoms with Crippen LogP contribution in [0.5, 0.6) is 0 Å². The maximum Gasteiger partial charge on any atom is 3.00 e. The molecule has 3 fully saturated rings. The number of carbonyl (C=O) groups is 3. The Labute approximate surface area is 206 Å². The van der Waals surface area contributed by atoms with E-state index in [2.05, 4.69) is 20.8 Å². The van der Waals surface area contributed by atoms with Crippen LogP contribution in [-0.4, -0.2) is 43.8 Å². The number of hydrogen-bond acceptors (Lipinski definition) is 6. The molecule has 3 aliphatic carbocycles. The third-order valence-electron chi connectivity index (χ3n) is 7.05. The van der Waals surface area contributed by atoms with Gasteiger partial charge in [0.1, 0.15) is 0 Å². The topological polar surface area (TPSA) is 120 Å². The predicted octanol–water partition coefficient (Wildman–Crippen LogP) is 1.31. The van der Waals surface area contributed by atoms with Gasteiger partial charge in [-0.25, -0.2) is 0 Å². The molecule has 0 heterocycles. The molecule has 3 saturated carbocycles. The normalized spacial score (nSPS) is 32.6. The van der Waals surface area contributed by atoms with Gasteiger partial charge in [-0.1, -0.05) is 59.3 Å². The molecule has 7 heteroatoms. The van der Waals surface area contributed by atoms with Crippen LogP contribution in [0.3, 0.4) is 0 Å². The Kier molecular flexibility index (Phi) is 15.6. The van der Waals surface area contributed by atoms with Gasteiger partial charge < -0.3 is 29.7 Å². The van der Waals surface area contributed by atoms with E-state index in [0.29, 0.717) is 0 Å². The average molecular weight is 538 g/mol. The van der Waals surface area contributed by atoms with Crippen LogP contribution in [0.4, 0.5) is 0 Å². The molecule has 0 saturated heterocycles. The second kappa shape index (κ2) is 16.0. The summed E-state index contributed by atoms with van der Waals surface area (Å²) in [7, 11) is 0. The molecule has 0 aromatic heterocycles. The maximum absolute atomic E-state index is 10.3. The van der Waals surface area contributed by atoms with Crippen LogP contribution < -0.4 is 15.3 Å². The Balaban J connectivity index is 0.000000429. The van der Waals surface area contributed by atoms with Crippen molar-refractivity contribution in [1.29, 1.82) is 0 Å². The Morgan fingerprint density at radius 1 is 0.452 bits per heavy atom. The van der Waals surface area contributed by atoms with Crippen molar-refractivity contribution in [1.82, 2.24) is 0 Å². The first kappa shape index (κ1) is 30.3. The summed E-state index contributed by atoms with van der Waals surface area (Å²) in [6, 6.07) is 0. The quantitative estimate of drug-likeness (QED) is 0.535. The maximum atomic E-state index is 10.3. The summed E-state index contributed by atoms with van der Waals surface area (Å²) in [5.41, 5.74) is 0. The van der Waals surface area contributed by atoms with Crippen molar-refractivity contribution < 1.29 is 29.7 Å². The Hall–Kier alpha value is -0.720. The van der Waals surface area contributed by atoms with Crippen LogP contribution >= 0.6 is 0 Å². The molecule has 0 aliphatic heterocycles. The summed E-state index contributed by atoms with van der Waals surface area (Å²) in [6.07, 6.45) is 11.3. The van der Waals surface area contributed by atoms with E-state index in [9.17, 15) is 29.7 Å². The van der Waals surface area contributed by atoms with Gasteiger partial charge in [0.15, 0.2) is 0 Å². The monoisotopic (exact) mass is 538 g/mol. The molecular formula is C24H39InO6. The predicted molar refractivity (Wildman–Crippen MR) is 114 cm³/mol. The Morgan fingerprint density at radius 3 is 0.742 bits per heavy atom. The van der Waals surface area contributed by atoms with Crippen molar-refractivity contribution in [3.63, 3.8) is 0 Å². The van der Waals surface area contributed by atoms with E-state index in [1.165, 1.54) is 0 Å². The zero-order chi connectivity index (χ0) is 22.7. The first-order valence-electron chi connectivity index (χ1n) is 11.7. The van der Waals surface area contributed by atoms with E-state index in [1.807, 2.05) is 0 Å². The molecule has 0 aromatic rings. The summed E-state index contributed by atoms with van der Waals surface area (Å²) in [4.78, 5) is 31.0. The van der Waals surface area contributed by atoms with E-state index in [1.54, 1.807) is 0 Å². The van der Waals surface area contributed by atoms with E-state index < -0.39 is 17.9 Å². The molecule has 6 nitrogen and oxygen atoms in total. The third-order valence-corrected chi connectivity index (χ3v) is 7.05. The number of carboxylic acid groups (broad SMARTS) is 3. The summed E-state index contributed by atoms with van der Waals surface area (Å²) in [5, 5.41) is 31.0. The van der Waals surface area contributed by atoms with Crippen molar-refractivity contribution in [2.75, 3.05) is 0 Å². The van der Waals surface area contributed by atoms with Crippen molar-refractivity contribution in [2.24, 2.45) is 35.5 Å². The molecule has 0 spiro atoms.